The molecule has 0 aromatic rings. The van der Waals surface area contributed by atoms with E-state index in [1.807, 2.05) is 35.4 Å². The van der Waals surface area contributed by atoms with Crippen LogP contribution in [-0.4, -0.2) is 52.5 Å². The van der Waals surface area contributed by atoms with E-state index in [1.165, 1.54) is 7.11 Å². The molecule has 0 aliphatic carbocycles. The van der Waals surface area contributed by atoms with E-state index < -0.39 is 13.9 Å². The zero-order chi connectivity index (χ0) is 25.6. The molecule has 0 spiro atoms. The Bertz CT molecular complexity index is 672. The van der Waals surface area contributed by atoms with Gasteiger partial charge in [-0.3, -0.25) is 4.79 Å². The standard InChI is InChI=1S/C24H45N2O4PS2/c1-17(2)26(18(3)4)31(29-14-12-13-25)30-20-19(32-33-24(20,9)10)15-22(5,6)16-23(7,8)21(27)28-11/h17-20H,12,14-16H2,1-11H3. The summed E-state index contributed by atoms with van der Waals surface area (Å²) in [5.41, 5.74) is -0.613. The third kappa shape index (κ3) is 9.17. The van der Waals surface area contributed by atoms with Crippen LogP contribution in [0.4, 0.5) is 0 Å². The Kier molecular flexibility index (Phi) is 12.0. The van der Waals surface area contributed by atoms with Crippen LogP contribution in [0.3, 0.4) is 0 Å². The summed E-state index contributed by atoms with van der Waals surface area (Å²) in [4.78, 5) is 12.3. The summed E-state index contributed by atoms with van der Waals surface area (Å²) < 4.78 is 20.3. The fourth-order valence-electron chi connectivity index (χ4n) is 4.62. The van der Waals surface area contributed by atoms with E-state index in [-0.39, 0.29) is 39.6 Å². The predicted octanol–water partition coefficient (Wildman–Crippen LogP) is 7.20. The second kappa shape index (κ2) is 12.8. The van der Waals surface area contributed by atoms with E-state index in [0.29, 0.717) is 13.0 Å². The van der Waals surface area contributed by atoms with Crippen LogP contribution in [0.1, 0.15) is 88.5 Å². The molecule has 0 radical (unpaired) electrons. The van der Waals surface area contributed by atoms with E-state index in [2.05, 4.69) is 66.1 Å². The molecule has 0 amide bonds. The first-order valence-corrected chi connectivity index (χ1v) is 15.1. The first-order chi connectivity index (χ1) is 15.1. The minimum atomic E-state index is -1.31. The molecule has 0 bridgehead atoms. The molecular formula is C24H45N2O4PS2. The fraction of sp³-hybridized carbons (Fsp3) is 0.917. The molecule has 1 saturated heterocycles. The molecule has 3 unspecified atom stereocenters. The van der Waals surface area contributed by atoms with Gasteiger partial charge in [0.2, 0.25) is 0 Å². The Balaban J connectivity index is 3.11. The van der Waals surface area contributed by atoms with Crippen molar-refractivity contribution < 1.29 is 18.6 Å². The second-order valence-electron chi connectivity index (χ2n) is 11.3. The first kappa shape index (κ1) is 31.0. The molecule has 0 aromatic heterocycles. The highest BCUT2D eigenvalue weighted by molar-refractivity contribution is 8.77. The molecule has 1 fully saturated rings. The van der Waals surface area contributed by atoms with Crippen LogP contribution >= 0.6 is 30.1 Å². The number of rotatable bonds is 13. The van der Waals surface area contributed by atoms with Gasteiger partial charge < -0.3 is 13.8 Å². The van der Waals surface area contributed by atoms with Crippen molar-refractivity contribution >= 4 is 36.1 Å². The van der Waals surface area contributed by atoms with Crippen LogP contribution in [0, 0.1) is 22.2 Å². The molecule has 192 valence electrons. The highest BCUT2D eigenvalue weighted by atomic mass is 33.1. The summed E-state index contributed by atoms with van der Waals surface area (Å²) >= 11 is 0. The highest BCUT2D eigenvalue weighted by Gasteiger charge is 2.49. The summed E-state index contributed by atoms with van der Waals surface area (Å²) in [5, 5.41) is 9.27. The average Bonchev–Trinajstić information content (AvgIpc) is 2.93. The van der Waals surface area contributed by atoms with Gasteiger partial charge in [-0.25, -0.2) is 4.67 Å². The maximum absolute atomic E-state index is 12.3. The molecule has 6 nitrogen and oxygen atoms in total. The number of esters is 1. The molecule has 1 aliphatic rings. The molecule has 1 aliphatic heterocycles. The number of ether oxygens (including phenoxy) is 1. The van der Waals surface area contributed by atoms with E-state index in [0.717, 1.165) is 12.8 Å². The predicted molar refractivity (Wildman–Crippen MR) is 142 cm³/mol. The van der Waals surface area contributed by atoms with Crippen molar-refractivity contribution in [1.29, 1.82) is 5.26 Å². The minimum absolute atomic E-state index is 0.0128. The van der Waals surface area contributed by atoms with Gasteiger partial charge in [-0.2, -0.15) is 5.26 Å². The van der Waals surface area contributed by atoms with Gasteiger partial charge in [0.25, 0.3) is 8.53 Å². The van der Waals surface area contributed by atoms with E-state index in [4.69, 9.17) is 19.0 Å². The lowest BCUT2D eigenvalue weighted by Crippen LogP contribution is -2.42. The van der Waals surface area contributed by atoms with Crippen molar-refractivity contribution in [3.63, 3.8) is 0 Å². The summed E-state index contributed by atoms with van der Waals surface area (Å²) in [6.45, 7) is 21.8. The Morgan fingerprint density at radius 1 is 1.18 bits per heavy atom. The fourth-order valence-corrected chi connectivity index (χ4v) is 10.4. The molecule has 0 N–H and O–H groups in total. The number of nitrogens with zero attached hydrogens (tertiary/aromatic N) is 2. The van der Waals surface area contributed by atoms with E-state index >= 15 is 0 Å². The number of methoxy groups -OCH3 is 1. The van der Waals surface area contributed by atoms with Crippen LogP contribution in [0.25, 0.3) is 0 Å². The lowest BCUT2D eigenvalue weighted by Gasteiger charge is -2.41. The molecule has 9 heteroatoms. The molecule has 1 rings (SSSR count). The zero-order valence-corrected chi connectivity index (χ0v) is 25.0. The minimum Gasteiger partial charge on any atom is -0.469 e. The zero-order valence-electron chi connectivity index (χ0n) is 22.4. The number of hydrogen-bond acceptors (Lipinski definition) is 8. The third-order valence-electron chi connectivity index (χ3n) is 5.69. The van der Waals surface area contributed by atoms with Gasteiger partial charge in [0.15, 0.2) is 0 Å². The Labute approximate surface area is 211 Å². The quantitative estimate of drug-likeness (QED) is 0.109. The van der Waals surface area contributed by atoms with Crippen LogP contribution in [0.5, 0.6) is 0 Å². The molecular weight excluding hydrogens is 475 g/mol. The molecule has 1 heterocycles. The van der Waals surface area contributed by atoms with Gasteiger partial charge >= 0.3 is 5.97 Å². The van der Waals surface area contributed by atoms with E-state index in [9.17, 15) is 4.79 Å². The maximum atomic E-state index is 12.3. The van der Waals surface area contributed by atoms with Crippen molar-refractivity contribution in [3.05, 3.63) is 0 Å². The van der Waals surface area contributed by atoms with Crippen molar-refractivity contribution in [3.8, 4) is 6.07 Å². The van der Waals surface area contributed by atoms with Crippen LogP contribution in [0.15, 0.2) is 0 Å². The lowest BCUT2D eigenvalue weighted by atomic mass is 9.72. The normalized spacial score (nSPS) is 22.1. The summed E-state index contributed by atoms with van der Waals surface area (Å²) in [6.07, 6.45) is 1.99. The number of carbonyl (C=O) groups excluding carboxylic acids is 1. The van der Waals surface area contributed by atoms with E-state index in [1.54, 1.807) is 0 Å². The lowest BCUT2D eigenvalue weighted by molar-refractivity contribution is -0.152. The van der Waals surface area contributed by atoms with Crippen LogP contribution in [-0.2, 0) is 18.6 Å². The summed E-state index contributed by atoms with van der Waals surface area (Å²) in [6, 6.07) is 2.70. The van der Waals surface area contributed by atoms with Gasteiger partial charge in [0.05, 0.1) is 37.7 Å². The van der Waals surface area contributed by atoms with Gasteiger partial charge in [0, 0.05) is 22.1 Å². The Morgan fingerprint density at radius 3 is 2.24 bits per heavy atom. The molecule has 0 aromatic carbocycles. The monoisotopic (exact) mass is 520 g/mol. The van der Waals surface area contributed by atoms with Crippen molar-refractivity contribution in [2.75, 3.05) is 13.7 Å². The molecule has 0 saturated carbocycles. The smallest absolute Gasteiger partial charge is 0.311 e. The van der Waals surface area contributed by atoms with Gasteiger partial charge in [0.1, 0.15) is 0 Å². The SMILES string of the molecule is COC(=O)C(C)(C)CC(C)(C)CC1SSC(C)(C)C1OP(OCCC#N)N(C(C)C)C(C)C. The largest absolute Gasteiger partial charge is 0.469 e. The van der Waals surface area contributed by atoms with Crippen molar-refractivity contribution in [1.82, 2.24) is 4.67 Å². The number of nitriles is 1. The van der Waals surface area contributed by atoms with Gasteiger partial charge in [-0.1, -0.05) is 35.4 Å². The highest BCUT2D eigenvalue weighted by Crippen LogP contribution is 2.60. The Morgan fingerprint density at radius 2 is 1.76 bits per heavy atom. The number of carbonyl (C=O) groups is 1. The van der Waals surface area contributed by atoms with Gasteiger partial charge in [-0.15, -0.1) is 0 Å². The topological polar surface area (TPSA) is 71.8 Å². The first-order valence-electron chi connectivity index (χ1n) is 11.8. The molecule has 33 heavy (non-hydrogen) atoms. The maximum Gasteiger partial charge on any atom is 0.311 e. The third-order valence-corrected chi connectivity index (χ3v) is 11.5. The number of hydrogen-bond donors (Lipinski definition) is 0. The summed E-state index contributed by atoms with van der Waals surface area (Å²) in [5.74, 6) is -0.170. The van der Waals surface area contributed by atoms with Crippen LogP contribution < -0.4 is 0 Å². The Hall–Kier alpha value is -0.0300. The molecule has 3 atom stereocenters. The van der Waals surface area contributed by atoms with Gasteiger partial charge in [-0.05, 0) is 73.6 Å². The average molecular weight is 521 g/mol. The van der Waals surface area contributed by atoms with Crippen molar-refractivity contribution in [2.45, 2.75) is 117 Å². The second-order valence-corrected chi connectivity index (χ2v) is 15.8. The van der Waals surface area contributed by atoms with Crippen molar-refractivity contribution in [2.24, 2.45) is 10.8 Å². The van der Waals surface area contributed by atoms with Crippen LogP contribution in [0.2, 0.25) is 0 Å². The summed E-state index contributed by atoms with van der Waals surface area (Å²) in [7, 11) is 3.90.